The molecule has 310 valence electrons. The quantitative estimate of drug-likeness (QED) is 0.142. The van der Waals surface area contributed by atoms with Gasteiger partial charge in [-0.25, -0.2) is 0 Å². The second-order valence-corrected chi connectivity index (χ2v) is 16.9. The van der Waals surface area contributed by atoms with Crippen molar-refractivity contribution in [3.8, 4) is 16.8 Å². The first-order chi connectivity index (χ1) is 32.7. The first-order valence-electron chi connectivity index (χ1n) is 22.5. The van der Waals surface area contributed by atoms with Crippen molar-refractivity contribution in [3.63, 3.8) is 0 Å². The molecule has 4 nitrogen and oxygen atoms in total. The van der Waals surface area contributed by atoms with Crippen molar-refractivity contribution < 1.29 is 4.42 Å². The van der Waals surface area contributed by atoms with E-state index in [2.05, 4.69) is 251 Å². The van der Waals surface area contributed by atoms with Crippen LogP contribution in [0.5, 0.6) is 0 Å². The van der Waals surface area contributed by atoms with E-state index in [1.807, 2.05) is 12.1 Å². The zero-order valence-electron chi connectivity index (χ0n) is 35.9. The van der Waals surface area contributed by atoms with E-state index in [1.165, 1.54) is 43.4 Å². The van der Waals surface area contributed by atoms with E-state index in [-0.39, 0.29) is 0 Å². The minimum Gasteiger partial charge on any atom is -0.456 e. The maximum absolute atomic E-state index is 6.54. The summed E-state index contributed by atoms with van der Waals surface area (Å²) < 4.78 is 8.93. The molecular formula is C62H41N3O. The molecule has 66 heavy (non-hydrogen) atoms. The average Bonchev–Trinajstić information content (AvgIpc) is 3.92. The predicted molar refractivity (Wildman–Crippen MR) is 278 cm³/mol. The van der Waals surface area contributed by atoms with Crippen molar-refractivity contribution in [1.82, 2.24) is 4.57 Å². The molecule has 0 saturated heterocycles. The second-order valence-electron chi connectivity index (χ2n) is 16.9. The van der Waals surface area contributed by atoms with Crippen LogP contribution in [0.3, 0.4) is 0 Å². The van der Waals surface area contributed by atoms with Crippen LogP contribution in [0.15, 0.2) is 253 Å². The number of para-hydroxylation sites is 5. The summed E-state index contributed by atoms with van der Waals surface area (Å²) in [6.45, 7) is 0. The van der Waals surface area contributed by atoms with E-state index in [9.17, 15) is 0 Å². The smallest absolute Gasteiger partial charge is 0.137 e. The molecule has 0 fully saturated rings. The molecule has 0 aliphatic heterocycles. The van der Waals surface area contributed by atoms with Gasteiger partial charge in [-0.2, -0.15) is 0 Å². The van der Waals surface area contributed by atoms with Crippen molar-refractivity contribution in [2.24, 2.45) is 0 Å². The van der Waals surface area contributed by atoms with Gasteiger partial charge in [0.1, 0.15) is 11.2 Å². The van der Waals surface area contributed by atoms with Crippen molar-refractivity contribution in [2.45, 2.75) is 0 Å². The molecule has 0 bridgehead atoms. The number of rotatable bonds is 8. The molecule has 0 amide bonds. The SMILES string of the molecule is c1ccc(N(c2cc(-c3cc4ccccc4c4ccccc34)cc(N(c3ccccc3)c3ccc4c5ccccc5n(-c5ccccc5)c4c3)c2)c2ccc3c(c2)oc2ccccc23)cc1. The first-order valence-corrected chi connectivity index (χ1v) is 22.5. The summed E-state index contributed by atoms with van der Waals surface area (Å²) in [5, 5.41) is 9.51. The number of furan rings is 1. The topological polar surface area (TPSA) is 24.6 Å². The number of anilines is 6. The van der Waals surface area contributed by atoms with Crippen LogP contribution in [0, 0.1) is 0 Å². The van der Waals surface area contributed by atoms with Gasteiger partial charge in [-0.05, 0) is 130 Å². The Bertz CT molecular complexity index is 3950. The maximum Gasteiger partial charge on any atom is 0.137 e. The van der Waals surface area contributed by atoms with Gasteiger partial charge in [-0.15, -0.1) is 0 Å². The first kappa shape index (κ1) is 37.7. The molecule has 4 heteroatoms. The van der Waals surface area contributed by atoms with E-state index in [1.54, 1.807) is 0 Å². The number of hydrogen-bond donors (Lipinski definition) is 0. The van der Waals surface area contributed by atoms with E-state index < -0.39 is 0 Å². The zero-order chi connectivity index (χ0) is 43.6. The zero-order valence-corrected chi connectivity index (χ0v) is 35.9. The second kappa shape index (κ2) is 15.4. The number of hydrogen-bond acceptors (Lipinski definition) is 3. The van der Waals surface area contributed by atoms with Crippen molar-refractivity contribution in [3.05, 3.63) is 249 Å². The molecule has 0 unspecified atom stereocenters. The van der Waals surface area contributed by atoms with Crippen LogP contribution >= 0.6 is 0 Å². The number of fused-ring (bicyclic) bond motifs is 9. The van der Waals surface area contributed by atoms with E-state index in [4.69, 9.17) is 4.42 Å². The Morgan fingerprint density at radius 3 is 1.52 bits per heavy atom. The van der Waals surface area contributed by atoms with Gasteiger partial charge in [0.25, 0.3) is 0 Å². The van der Waals surface area contributed by atoms with Crippen LogP contribution in [-0.2, 0) is 0 Å². The van der Waals surface area contributed by atoms with Crippen LogP contribution in [0.25, 0.3) is 82.1 Å². The molecule has 0 spiro atoms. The van der Waals surface area contributed by atoms with Gasteiger partial charge in [0, 0.05) is 67.4 Å². The molecule has 0 saturated carbocycles. The molecule has 2 aromatic heterocycles. The Hall–Kier alpha value is -8.86. The fourth-order valence-corrected chi connectivity index (χ4v) is 10.2. The third-order valence-electron chi connectivity index (χ3n) is 13.1. The maximum atomic E-state index is 6.54. The molecule has 0 N–H and O–H groups in total. The molecule has 13 aromatic rings. The molecule has 0 aliphatic rings. The summed E-state index contributed by atoms with van der Waals surface area (Å²) in [4.78, 5) is 4.77. The highest BCUT2D eigenvalue weighted by atomic mass is 16.3. The lowest BCUT2D eigenvalue weighted by Gasteiger charge is -2.30. The molecule has 2 heterocycles. The molecule has 13 rings (SSSR count). The number of nitrogens with zero attached hydrogens (tertiary/aromatic N) is 3. The highest BCUT2D eigenvalue weighted by Gasteiger charge is 2.23. The highest BCUT2D eigenvalue weighted by Crippen LogP contribution is 2.47. The van der Waals surface area contributed by atoms with E-state index in [0.717, 1.165) is 72.8 Å². The third-order valence-corrected chi connectivity index (χ3v) is 13.1. The van der Waals surface area contributed by atoms with Crippen LogP contribution in [0.4, 0.5) is 34.1 Å². The Balaban J connectivity index is 1.10. The Labute approximate surface area is 382 Å². The number of aromatic nitrogens is 1. The lowest BCUT2D eigenvalue weighted by atomic mass is 9.92. The van der Waals surface area contributed by atoms with Gasteiger partial charge in [0.05, 0.1) is 11.0 Å². The molecule has 0 radical (unpaired) electrons. The third kappa shape index (κ3) is 6.22. The van der Waals surface area contributed by atoms with Crippen LogP contribution in [0.2, 0.25) is 0 Å². The van der Waals surface area contributed by atoms with Crippen LogP contribution in [0.1, 0.15) is 0 Å². The molecule has 0 atom stereocenters. The van der Waals surface area contributed by atoms with Crippen molar-refractivity contribution >= 4 is 99.4 Å². The lowest BCUT2D eigenvalue weighted by Crippen LogP contribution is -2.13. The molecule has 0 aliphatic carbocycles. The minimum atomic E-state index is 0.847. The summed E-state index contributed by atoms with van der Waals surface area (Å²) in [7, 11) is 0. The lowest BCUT2D eigenvalue weighted by molar-refractivity contribution is 0.669. The minimum absolute atomic E-state index is 0.847. The summed E-state index contributed by atoms with van der Waals surface area (Å²) in [6, 6.07) is 89.6. The van der Waals surface area contributed by atoms with Gasteiger partial charge in [0.15, 0.2) is 0 Å². The van der Waals surface area contributed by atoms with Crippen LogP contribution in [-0.4, -0.2) is 4.57 Å². The Morgan fingerprint density at radius 1 is 0.288 bits per heavy atom. The fraction of sp³-hybridized carbons (Fsp3) is 0. The average molecular weight is 844 g/mol. The van der Waals surface area contributed by atoms with E-state index in [0.29, 0.717) is 0 Å². The fourth-order valence-electron chi connectivity index (χ4n) is 10.2. The van der Waals surface area contributed by atoms with Crippen molar-refractivity contribution in [1.29, 1.82) is 0 Å². The van der Waals surface area contributed by atoms with E-state index >= 15 is 0 Å². The van der Waals surface area contributed by atoms with Gasteiger partial charge in [-0.3, -0.25) is 0 Å². The molecule has 11 aromatic carbocycles. The standard InChI is InChI=1S/C62H41N3O/c1-4-19-44(20-5-1)63(47-32-34-55-54-28-14-16-30-59(54)65(60(55)40-47)46-23-8-3-9-24-46)49-36-43(58-38-42-18-10-11-25-51(42)52-26-12-13-27-53(52)58)37-50(39-49)64(45-21-6-2-7-22-45)48-33-35-57-56-29-15-17-31-61(56)66-62(57)41-48/h1-41H. The monoisotopic (exact) mass is 843 g/mol. The van der Waals surface area contributed by atoms with Gasteiger partial charge in [0.2, 0.25) is 0 Å². The summed E-state index contributed by atoms with van der Waals surface area (Å²) in [6.07, 6.45) is 0. The highest BCUT2D eigenvalue weighted by molar-refractivity contribution is 6.15. The Kier molecular flexibility index (Phi) is 8.81. The number of benzene rings is 11. The van der Waals surface area contributed by atoms with Gasteiger partial charge in [-0.1, -0.05) is 146 Å². The summed E-state index contributed by atoms with van der Waals surface area (Å²) >= 11 is 0. The predicted octanol–water partition coefficient (Wildman–Crippen LogP) is 17.6. The largest absolute Gasteiger partial charge is 0.456 e. The molecular weight excluding hydrogens is 803 g/mol. The van der Waals surface area contributed by atoms with Gasteiger partial charge >= 0.3 is 0 Å². The van der Waals surface area contributed by atoms with Crippen LogP contribution < -0.4 is 9.80 Å². The van der Waals surface area contributed by atoms with Gasteiger partial charge < -0.3 is 18.8 Å². The van der Waals surface area contributed by atoms with Crippen molar-refractivity contribution in [2.75, 3.05) is 9.80 Å². The summed E-state index contributed by atoms with van der Waals surface area (Å²) in [5.41, 5.74) is 13.6. The summed E-state index contributed by atoms with van der Waals surface area (Å²) in [5.74, 6) is 0. The Morgan fingerprint density at radius 2 is 0.803 bits per heavy atom. The normalized spacial score (nSPS) is 11.6.